The number of aryl methyl sites for hydroxylation is 1. The molecule has 0 spiro atoms. The van der Waals surface area contributed by atoms with Crippen LogP contribution in [0.1, 0.15) is 76.3 Å². The number of aromatic nitrogens is 8. The molecule has 4 aliphatic heterocycles. The summed E-state index contributed by atoms with van der Waals surface area (Å²) in [5.41, 5.74) is 19.5. The Labute approximate surface area is 387 Å². The largest absolute Gasteiger partial charge is 0.400 e. The maximum atomic E-state index is 7.00. The molecule has 17 nitrogen and oxygen atoms in total. The van der Waals surface area contributed by atoms with E-state index in [0.717, 1.165) is 69.7 Å². The fraction of sp³-hybridized carbons (Fsp3) is 0.360. The Morgan fingerprint density at radius 2 is 1.16 bits per heavy atom. The number of aliphatic hydroxyl groups excluding tert-OH is 1. The number of fused-ring (bicyclic) bond motifs is 6. The molecule has 0 aliphatic carbocycles. The molecule has 8 atom stereocenters. The quantitative estimate of drug-likeness (QED) is 0.144. The smallest absolute Gasteiger partial charge is 0.164 e. The van der Waals surface area contributed by atoms with Gasteiger partial charge in [0, 0.05) is 30.3 Å². The van der Waals surface area contributed by atoms with E-state index in [9.17, 15) is 0 Å². The number of aliphatic hydroxyl groups is 1. The molecular formula is C50H56N10O7. The molecule has 17 heteroatoms. The van der Waals surface area contributed by atoms with Crippen molar-refractivity contribution < 1.29 is 33.5 Å². The van der Waals surface area contributed by atoms with E-state index >= 15 is 0 Å². The average molecular weight is 909 g/mol. The summed E-state index contributed by atoms with van der Waals surface area (Å²) in [5.74, 6) is -0.502. The summed E-state index contributed by atoms with van der Waals surface area (Å²) < 4.78 is 41.6. The van der Waals surface area contributed by atoms with Crippen LogP contribution >= 0.6 is 0 Å². The number of benzene rings is 2. The number of hydrogen-bond acceptors (Lipinski definition) is 15. The first-order chi connectivity index (χ1) is 32.0. The summed E-state index contributed by atoms with van der Waals surface area (Å²) in [6.07, 6.45) is 10.4. The molecule has 4 saturated heterocycles. The first-order valence-electron chi connectivity index (χ1n) is 22.0. The van der Waals surface area contributed by atoms with Gasteiger partial charge in [-0.15, -0.1) is 0 Å². The molecule has 5 N–H and O–H groups in total. The zero-order valence-electron chi connectivity index (χ0n) is 37.2. The normalized spacial score (nSPS) is 25.7. The van der Waals surface area contributed by atoms with Crippen LogP contribution in [0, 0.1) is 0 Å². The van der Waals surface area contributed by atoms with E-state index in [-0.39, 0.29) is 56.3 Å². The first kappa shape index (κ1) is 45.7. The number of hydrogen-bond donors (Lipinski definition) is 3. The average Bonchev–Trinajstić information content (AvgIpc) is 4.18. The Balaban J connectivity index is 0.000000160. The Hall–Kier alpha value is -6.44. The van der Waals surface area contributed by atoms with Crippen LogP contribution in [0.4, 0.5) is 11.6 Å². The van der Waals surface area contributed by atoms with Crippen molar-refractivity contribution in [2.24, 2.45) is 0 Å². The molecule has 0 unspecified atom stereocenters. The summed E-state index contributed by atoms with van der Waals surface area (Å²) in [6, 6.07) is 28.4. The second-order valence-electron chi connectivity index (χ2n) is 17.5. The maximum Gasteiger partial charge on any atom is 0.164 e. The number of rotatable bonds is 7. The van der Waals surface area contributed by atoms with Crippen LogP contribution in [-0.4, -0.2) is 99.6 Å². The van der Waals surface area contributed by atoms with Crippen molar-refractivity contribution in [3.8, 4) is 0 Å². The Morgan fingerprint density at radius 1 is 0.627 bits per heavy atom. The summed E-state index contributed by atoms with van der Waals surface area (Å²) in [5, 5.41) is 18.0. The molecule has 6 aromatic heterocycles. The molecule has 4 fully saturated rings. The van der Waals surface area contributed by atoms with Gasteiger partial charge in [0.2, 0.25) is 0 Å². The highest BCUT2D eigenvalue weighted by molar-refractivity contribution is 5.81. The predicted octanol–water partition coefficient (Wildman–Crippen LogP) is 7.23. The third-order valence-electron chi connectivity index (χ3n) is 12.3. The van der Waals surface area contributed by atoms with Gasteiger partial charge in [0.05, 0.1) is 28.5 Å². The molecule has 348 valence electrons. The fourth-order valence-electron chi connectivity index (χ4n) is 9.52. The maximum absolute atomic E-state index is 7.00. The standard InChI is InChI=1S/C24H25N5O3.C24H23N5O3.CH4O.CH4/c2*1-24(2)31-21-19(10-6-14-5-7-15-4-3-11-26-16(15)12-14)30-20(22(21)32-24)17-8-9-18-23(25)27-13-28-29(17)18;1-2;/h3-5,7-9,11-13,19-22H,6,10H2,1-2H3,(H2,25,27,28);3-13,19-22H,1-2H3,(H2,25,27,28);2H,1H3;1H4/b;10-6+;;/t2*19-,20+,21-,22+;;/m11../s1. The van der Waals surface area contributed by atoms with Crippen LogP contribution in [0.25, 0.3) is 38.9 Å². The summed E-state index contributed by atoms with van der Waals surface area (Å²) >= 11 is 0. The molecule has 0 amide bonds. The van der Waals surface area contributed by atoms with Crippen molar-refractivity contribution in [2.45, 2.75) is 108 Å². The third-order valence-corrected chi connectivity index (χ3v) is 12.3. The second kappa shape index (κ2) is 18.3. The predicted molar refractivity (Wildman–Crippen MR) is 253 cm³/mol. The van der Waals surface area contributed by atoms with Crippen molar-refractivity contribution >= 4 is 50.6 Å². The van der Waals surface area contributed by atoms with Crippen LogP contribution in [0.15, 0.2) is 116 Å². The third kappa shape index (κ3) is 8.82. The van der Waals surface area contributed by atoms with E-state index in [1.807, 2.05) is 82.4 Å². The molecule has 67 heavy (non-hydrogen) atoms. The topological polar surface area (TPSA) is 214 Å². The van der Waals surface area contributed by atoms with Gasteiger partial charge in [-0.3, -0.25) is 9.97 Å². The van der Waals surface area contributed by atoms with E-state index in [0.29, 0.717) is 11.6 Å². The van der Waals surface area contributed by atoms with Gasteiger partial charge in [-0.05, 0) is 100 Å². The van der Waals surface area contributed by atoms with E-state index in [1.54, 1.807) is 15.2 Å². The Morgan fingerprint density at radius 3 is 1.79 bits per heavy atom. The highest BCUT2D eigenvalue weighted by atomic mass is 16.8. The van der Waals surface area contributed by atoms with Gasteiger partial charge in [-0.25, -0.2) is 19.0 Å². The molecule has 4 aliphatic rings. The lowest BCUT2D eigenvalue weighted by atomic mass is 10.00. The van der Waals surface area contributed by atoms with Gasteiger partial charge >= 0.3 is 0 Å². The molecule has 8 aromatic rings. The SMILES string of the molecule is C.CC1(C)O[C@@H]2[C@H](O1)[C@@H](/C=C/c1ccc3cccnc3c1)O[C@H]2c1ccc2c(N)ncnn12.CC1(C)O[C@@H]2[C@H](O1)[C@@H](CCc1ccc3cccnc3c1)O[C@H]2c1ccc2c(N)ncnn12.CO. The molecular weight excluding hydrogens is 853 g/mol. The van der Waals surface area contributed by atoms with E-state index in [4.69, 9.17) is 45.0 Å². The number of pyridine rings is 2. The number of anilines is 2. The highest BCUT2D eigenvalue weighted by Gasteiger charge is 2.57. The summed E-state index contributed by atoms with van der Waals surface area (Å²) in [6.45, 7) is 7.75. The van der Waals surface area contributed by atoms with Gasteiger partial charge in [0.25, 0.3) is 0 Å². The van der Waals surface area contributed by atoms with Crippen LogP contribution in [0.5, 0.6) is 0 Å². The molecule has 0 saturated carbocycles. The van der Waals surface area contributed by atoms with Gasteiger partial charge in [-0.2, -0.15) is 10.2 Å². The summed E-state index contributed by atoms with van der Waals surface area (Å²) in [4.78, 5) is 17.1. The molecule has 0 bridgehead atoms. The van der Waals surface area contributed by atoms with Crippen LogP contribution in [0.3, 0.4) is 0 Å². The van der Waals surface area contributed by atoms with Gasteiger partial charge in [0.1, 0.15) is 66.4 Å². The zero-order chi connectivity index (χ0) is 45.7. The Bertz CT molecular complexity index is 3060. The van der Waals surface area contributed by atoms with E-state index < -0.39 is 11.6 Å². The first-order valence-corrected chi connectivity index (χ1v) is 22.0. The molecule has 2 aromatic carbocycles. The minimum absolute atomic E-state index is 0. The molecule has 0 radical (unpaired) electrons. The number of nitrogens with zero attached hydrogens (tertiary/aromatic N) is 8. The monoisotopic (exact) mass is 908 g/mol. The van der Waals surface area contributed by atoms with Crippen molar-refractivity contribution in [1.82, 2.24) is 39.2 Å². The van der Waals surface area contributed by atoms with Crippen molar-refractivity contribution in [3.63, 3.8) is 0 Å². The second-order valence-corrected chi connectivity index (χ2v) is 17.5. The number of ether oxygens (including phenoxy) is 6. The van der Waals surface area contributed by atoms with Crippen LogP contribution in [-0.2, 0) is 34.8 Å². The zero-order valence-corrected chi connectivity index (χ0v) is 37.2. The van der Waals surface area contributed by atoms with Crippen molar-refractivity contribution in [1.29, 1.82) is 0 Å². The molecule has 10 heterocycles. The number of nitrogens with two attached hydrogens (primary N) is 2. The minimum atomic E-state index is -0.697. The van der Waals surface area contributed by atoms with E-state index in [1.165, 1.54) is 18.2 Å². The van der Waals surface area contributed by atoms with Crippen LogP contribution in [0.2, 0.25) is 0 Å². The lowest BCUT2D eigenvalue weighted by Gasteiger charge is -2.24. The van der Waals surface area contributed by atoms with Gasteiger partial charge in [-0.1, -0.05) is 56.0 Å². The van der Waals surface area contributed by atoms with Gasteiger partial charge in [0.15, 0.2) is 23.2 Å². The minimum Gasteiger partial charge on any atom is -0.400 e. The number of nitrogen functional groups attached to an aromatic ring is 2. The molecule has 12 rings (SSSR count). The lowest BCUT2D eigenvalue weighted by molar-refractivity contribution is -0.188. The van der Waals surface area contributed by atoms with E-state index in [2.05, 4.69) is 78.7 Å². The lowest BCUT2D eigenvalue weighted by Crippen LogP contribution is -2.29. The van der Waals surface area contributed by atoms with Crippen molar-refractivity contribution in [3.05, 3.63) is 139 Å². The summed E-state index contributed by atoms with van der Waals surface area (Å²) in [7, 11) is 1.00. The Kier molecular flexibility index (Phi) is 12.5. The van der Waals surface area contributed by atoms with Gasteiger partial charge < -0.3 is 45.0 Å². The van der Waals surface area contributed by atoms with Crippen LogP contribution < -0.4 is 11.5 Å². The van der Waals surface area contributed by atoms with Crippen molar-refractivity contribution in [2.75, 3.05) is 18.6 Å². The highest BCUT2D eigenvalue weighted by Crippen LogP contribution is 2.48. The fourth-order valence-corrected chi connectivity index (χ4v) is 9.52.